The Morgan fingerprint density at radius 3 is 2.80 bits per heavy atom. The number of amides is 1. The van der Waals surface area contributed by atoms with E-state index in [9.17, 15) is 9.18 Å². The summed E-state index contributed by atoms with van der Waals surface area (Å²) in [5, 5.41) is 2.43. The third kappa shape index (κ3) is 3.28. The third-order valence-corrected chi connectivity index (χ3v) is 1.97. The minimum Gasteiger partial charge on any atom is -0.393 e. The van der Waals surface area contributed by atoms with Crippen LogP contribution in [0.4, 0.5) is 10.1 Å². The predicted octanol–water partition coefficient (Wildman–Crippen LogP) is 1.75. The van der Waals surface area contributed by atoms with Gasteiger partial charge in [-0.1, -0.05) is 24.4 Å². The smallest absolute Gasteiger partial charge is 0.231 e. The molecule has 0 atom stereocenters. The number of carbonyl (C=O) groups is 1. The summed E-state index contributed by atoms with van der Waals surface area (Å²) in [6.07, 6.45) is -0.0803. The monoisotopic (exact) mass is 226 g/mol. The highest BCUT2D eigenvalue weighted by Crippen LogP contribution is 2.18. The number of para-hydroxylation sites is 1. The Balaban J connectivity index is 2.80. The van der Waals surface area contributed by atoms with Gasteiger partial charge in [-0.05, 0) is 18.6 Å². The van der Waals surface area contributed by atoms with Crippen LogP contribution in [0.1, 0.15) is 12.0 Å². The van der Waals surface area contributed by atoms with Crippen molar-refractivity contribution in [2.75, 3.05) is 5.32 Å². The van der Waals surface area contributed by atoms with Crippen molar-refractivity contribution in [2.45, 2.75) is 13.3 Å². The lowest BCUT2D eigenvalue weighted by molar-refractivity contribution is -0.115. The van der Waals surface area contributed by atoms with E-state index in [2.05, 4.69) is 17.5 Å². The Bertz CT molecular complexity index is 386. The van der Waals surface area contributed by atoms with E-state index >= 15 is 0 Å². The van der Waals surface area contributed by atoms with Gasteiger partial charge in [0.2, 0.25) is 5.91 Å². The summed E-state index contributed by atoms with van der Waals surface area (Å²) in [7, 11) is 0. The molecule has 0 aliphatic heterocycles. The molecular weight excluding hydrogens is 215 g/mol. The van der Waals surface area contributed by atoms with E-state index in [0.717, 1.165) is 0 Å². The van der Waals surface area contributed by atoms with Crippen LogP contribution in [0.5, 0.6) is 0 Å². The predicted molar refractivity (Wildman–Crippen MR) is 61.2 cm³/mol. The number of halogens is 1. The van der Waals surface area contributed by atoms with Crippen molar-refractivity contribution in [1.29, 1.82) is 0 Å². The molecule has 0 aliphatic rings. The zero-order valence-corrected chi connectivity index (χ0v) is 9.03. The highest BCUT2D eigenvalue weighted by atomic mass is 32.1. The number of aryl methyl sites for hydroxylation is 1. The summed E-state index contributed by atoms with van der Waals surface area (Å²) in [5.74, 6) is -0.873. The molecule has 1 aromatic rings. The number of nitrogens with one attached hydrogen (secondary N) is 1. The van der Waals surface area contributed by atoms with E-state index < -0.39 is 11.7 Å². The average molecular weight is 226 g/mol. The number of nitrogens with two attached hydrogens (primary N) is 1. The van der Waals surface area contributed by atoms with Crippen LogP contribution in [-0.4, -0.2) is 10.9 Å². The second-order valence-corrected chi connectivity index (χ2v) is 3.65. The number of benzene rings is 1. The SMILES string of the molecule is Cc1cccc(F)c1NC(=O)CC(N)=S. The van der Waals surface area contributed by atoms with Gasteiger partial charge in [0.1, 0.15) is 5.82 Å². The summed E-state index contributed by atoms with van der Waals surface area (Å²) in [4.78, 5) is 11.4. The number of rotatable bonds is 3. The van der Waals surface area contributed by atoms with Crippen molar-refractivity contribution in [2.24, 2.45) is 5.73 Å². The quantitative estimate of drug-likeness (QED) is 0.772. The number of carbonyl (C=O) groups excluding carboxylic acids is 1. The molecule has 0 aliphatic carbocycles. The molecule has 0 unspecified atom stereocenters. The molecule has 3 N–H and O–H groups in total. The Morgan fingerprint density at radius 2 is 2.27 bits per heavy atom. The molecule has 0 heterocycles. The minimum atomic E-state index is -0.466. The number of thiocarbonyl (C=S) groups is 1. The number of anilines is 1. The van der Waals surface area contributed by atoms with Gasteiger partial charge < -0.3 is 11.1 Å². The molecule has 5 heteroatoms. The van der Waals surface area contributed by atoms with Gasteiger partial charge in [0.25, 0.3) is 0 Å². The van der Waals surface area contributed by atoms with E-state index in [0.29, 0.717) is 5.56 Å². The highest BCUT2D eigenvalue weighted by molar-refractivity contribution is 7.80. The van der Waals surface area contributed by atoms with Gasteiger partial charge >= 0.3 is 0 Å². The van der Waals surface area contributed by atoms with Crippen molar-refractivity contribution >= 4 is 28.8 Å². The van der Waals surface area contributed by atoms with E-state index in [-0.39, 0.29) is 17.1 Å². The lowest BCUT2D eigenvalue weighted by atomic mass is 10.2. The first kappa shape index (κ1) is 11.6. The Kier molecular flexibility index (Phi) is 3.74. The van der Waals surface area contributed by atoms with E-state index in [1.165, 1.54) is 6.07 Å². The molecule has 1 rings (SSSR count). The van der Waals surface area contributed by atoms with Crippen molar-refractivity contribution < 1.29 is 9.18 Å². The zero-order chi connectivity index (χ0) is 11.4. The van der Waals surface area contributed by atoms with Gasteiger partial charge in [-0.15, -0.1) is 0 Å². The maximum Gasteiger partial charge on any atom is 0.231 e. The second kappa shape index (κ2) is 4.84. The molecule has 3 nitrogen and oxygen atoms in total. The van der Waals surface area contributed by atoms with Gasteiger partial charge in [0, 0.05) is 0 Å². The van der Waals surface area contributed by atoms with Gasteiger partial charge in [0.15, 0.2) is 0 Å². The molecule has 80 valence electrons. The Hall–Kier alpha value is -1.49. The first-order valence-corrected chi connectivity index (χ1v) is 4.75. The third-order valence-electron chi connectivity index (χ3n) is 1.82. The standard InChI is InChI=1S/C10H11FN2OS/c1-6-3-2-4-7(11)10(6)13-9(14)5-8(12)15/h2-4H,5H2,1H3,(H2,12,15)(H,13,14). The van der Waals surface area contributed by atoms with E-state index in [4.69, 9.17) is 5.73 Å². The van der Waals surface area contributed by atoms with E-state index in [1.54, 1.807) is 19.1 Å². The fourth-order valence-corrected chi connectivity index (χ4v) is 1.26. The number of hydrogen-bond donors (Lipinski definition) is 2. The zero-order valence-electron chi connectivity index (χ0n) is 8.21. The first-order valence-electron chi connectivity index (χ1n) is 4.34. The van der Waals surface area contributed by atoms with Crippen LogP contribution in [0.3, 0.4) is 0 Å². The fraction of sp³-hybridized carbons (Fsp3) is 0.200. The van der Waals surface area contributed by atoms with Crippen molar-refractivity contribution in [3.05, 3.63) is 29.6 Å². The molecule has 0 bridgehead atoms. The van der Waals surface area contributed by atoms with Crippen LogP contribution in [0, 0.1) is 12.7 Å². The fourth-order valence-electron chi connectivity index (χ4n) is 1.13. The summed E-state index contributed by atoms with van der Waals surface area (Å²) >= 11 is 4.58. The van der Waals surface area contributed by atoms with Crippen LogP contribution in [0.2, 0.25) is 0 Å². The van der Waals surface area contributed by atoms with Crippen LogP contribution in [0.15, 0.2) is 18.2 Å². The van der Waals surface area contributed by atoms with Gasteiger partial charge in [-0.2, -0.15) is 0 Å². The van der Waals surface area contributed by atoms with Crippen molar-refractivity contribution in [1.82, 2.24) is 0 Å². The first-order chi connectivity index (χ1) is 7.00. The molecular formula is C10H11FN2OS. The topological polar surface area (TPSA) is 55.1 Å². The maximum absolute atomic E-state index is 13.3. The molecule has 0 fully saturated rings. The summed E-state index contributed by atoms with van der Waals surface area (Å²) < 4.78 is 13.3. The van der Waals surface area contributed by atoms with Gasteiger partial charge in [0.05, 0.1) is 17.1 Å². The molecule has 0 saturated heterocycles. The van der Waals surface area contributed by atoms with Crippen molar-refractivity contribution in [3.63, 3.8) is 0 Å². The molecule has 0 radical (unpaired) electrons. The molecule has 0 spiro atoms. The second-order valence-electron chi connectivity index (χ2n) is 3.12. The minimum absolute atomic E-state index is 0.0803. The Morgan fingerprint density at radius 1 is 1.60 bits per heavy atom. The molecule has 15 heavy (non-hydrogen) atoms. The Labute approximate surface area is 92.5 Å². The van der Waals surface area contributed by atoms with Crippen LogP contribution in [-0.2, 0) is 4.79 Å². The highest BCUT2D eigenvalue weighted by Gasteiger charge is 2.09. The summed E-state index contributed by atoms with van der Waals surface area (Å²) in [5.41, 5.74) is 6.04. The maximum atomic E-state index is 13.3. The van der Waals surface area contributed by atoms with E-state index in [1.807, 2.05) is 0 Å². The molecule has 0 aromatic heterocycles. The molecule has 1 amide bonds. The lowest BCUT2D eigenvalue weighted by Gasteiger charge is -2.08. The lowest BCUT2D eigenvalue weighted by Crippen LogP contribution is -2.21. The van der Waals surface area contributed by atoms with Crippen LogP contribution >= 0.6 is 12.2 Å². The summed E-state index contributed by atoms with van der Waals surface area (Å²) in [6.45, 7) is 1.71. The normalized spacial score (nSPS) is 9.73. The largest absolute Gasteiger partial charge is 0.393 e. The van der Waals surface area contributed by atoms with Gasteiger partial charge in [-0.25, -0.2) is 4.39 Å². The van der Waals surface area contributed by atoms with Gasteiger partial charge in [-0.3, -0.25) is 4.79 Å². The average Bonchev–Trinajstić information content (AvgIpc) is 2.10. The van der Waals surface area contributed by atoms with Crippen LogP contribution in [0.25, 0.3) is 0 Å². The van der Waals surface area contributed by atoms with Crippen molar-refractivity contribution in [3.8, 4) is 0 Å². The summed E-state index contributed by atoms with van der Waals surface area (Å²) in [6, 6.07) is 4.57. The molecule has 0 saturated carbocycles. The number of hydrogen-bond acceptors (Lipinski definition) is 2. The van der Waals surface area contributed by atoms with Crippen LogP contribution < -0.4 is 11.1 Å². The molecule has 1 aromatic carbocycles.